The van der Waals surface area contributed by atoms with Crippen LogP contribution in [-0.2, 0) is 15.1 Å². The summed E-state index contributed by atoms with van der Waals surface area (Å²) in [5, 5.41) is 7.34. The first-order valence-electron chi connectivity index (χ1n) is 9.99. The van der Waals surface area contributed by atoms with Crippen LogP contribution < -0.4 is 16.3 Å². The van der Waals surface area contributed by atoms with Gasteiger partial charge >= 0.3 is 11.7 Å². The van der Waals surface area contributed by atoms with Gasteiger partial charge in [-0.2, -0.15) is 0 Å². The van der Waals surface area contributed by atoms with E-state index in [-0.39, 0.29) is 5.69 Å². The van der Waals surface area contributed by atoms with Gasteiger partial charge in [0.05, 0.1) is 11.0 Å². The van der Waals surface area contributed by atoms with Crippen LogP contribution in [0.25, 0.3) is 21.8 Å². The molecule has 9 nitrogen and oxygen atoms in total. The topological polar surface area (TPSA) is 127 Å². The molecule has 1 aliphatic heterocycles. The number of H-pyrrole nitrogens is 2. The Morgan fingerprint density at radius 1 is 0.938 bits per heavy atom. The molecule has 0 radical (unpaired) electrons. The van der Waals surface area contributed by atoms with Gasteiger partial charge in [-0.1, -0.05) is 36.4 Å². The number of imide groups is 1. The van der Waals surface area contributed by atoms with E-state index in [0.717, 1.165) is 15.7 Å². The lowest BCUT2D eigenvalue weighted by Crippen LogP contribution is -2.42. The first kappa shape index (κ1) is 19.6. The number of aromatic nitrogens is 2. The van der Waals surface area contributed by atoms with Gasteiger partial charge in [-0.3, -0.25) is 14.5 Å². The molecule has 0 spiro atoms. The number of amides is 4. The minimum atomic E-state index is -1.27. The zero-order valence-corrected chi connectivity index (χ0v) is 17.1. The molecule has 1 atom stereocenters. The predicted molar refractivity (Wildman–Crippen MR) is 119 cm³/mol. The molecule has 1 unspecified atom stereocenters. The Labute approximate surface area is 181 Å². The predicted octanol–water partition coefficient (Wildman–Crippen LogP) is 2.42. The number of carbonyl (C=O) groups is 3. The molecule has 3 aromatic carbocycles. The van der Waals surface area contributed by atoms with Gasteiger partial charge in [-0.15, -0.1) is 0 Å². The van der Waals surface area contributed by atoms with E-state index < -0.39 is 29.9 Å². The third-order valence-corrected chi connectivity index (χ3v) is 5.70. The Morgan fingerprint density at radius 3 is 2.50 bits per heavy atom. The summed E-state index contributed by atoms with van der Waals surface area (Å²) in [6.07, 6.45) is 0. The first-order chi connectivity index (χ1) is 15.3. The van der Waals surface area contributed by atoms with Crippen LogP contribution in [0.3, 0.4) is 0 Å². The number of fused-ring (bicyclic) bond motifs is 2. The van der Waals surface area contributed by atoms with Crippen LogP contribution in [0, 0.1) is 0 Å². The van der Waals surface area contributed by atoms with E-state index in [1.165, 1.54) is 0 Å². The fourth-order valence-electron chi connectivity index (χ4n) is 3.99. The van der Waals surface area contributed by atoms with Gasteiger partial charge < -0.3 is 20.6 Å². The number of rotatable bonds is 4. The summed E-state index contributed by atoms with van der Waals surface area (Å²) in [6.45, 7) is 1.20. The van der Waals surface area contributed by atoms with Gasteiger partial charge in [0, 0.05) is 5.69 Å². The number of imidazole rings is 1. The minimum absolute atomic E-state index is 0.351. The highest BCUT2D eigenvalue weighted by molar-refractivity contribution is 6.10. The van der Waals surface area contributed by atoms with Crippen molar-refractivity contribution < 1.29 is 14.4 Å². The van der Waals surface area contributed by atoms with Gasteiger partial charge in [0.25, 0.3) is 5.91 Å². The highest BCUT2D eigenvalue weighted by Gasteiger charge is 2.49. The molecule has 1 saturated heterocycles. The standard InChI is InChI=1S/C23H19N5O4/c1-23(15-7-6-13-4-2-3-5-14(13)10-15)20(30)28(22(32)27-23)12-19(29)24-16-8-9-17-18(11-16)26-21(31)25-17/h2-11H,12H2,1H3,(H,24,29)(H,27,32)(H2,25,26,31). The summed E-state index contributed by atoms with van der Waals surface area (Å²) in [5.41, 5.74) is 0.586. The van der Waals surface area contributed by atoms with Crippen molar-refractivity contribution in [3.8, 4) is 0 Å². The summed E-state index contributed by atoms with van der Waals surface area (Å²) >= 11 is 0. The Bertz CT molecular complexity index is 1470. The number of carbonyl (C=O) groups excluding carboxylic acids is 3. The minimum Gasteiger partial charge on any atom is -0.324 e. The number of hydrogen-bond acceptors (Lipinski definition) is 4. The maximum absolute atomic E-state index is 13.2. The van der Waals surface area contributed by atoms with E-state index in [4.69, 9.17) is 0 Å². The van der Waals surface area contributed by atoms with Crippen LogP contribution >= 0.6 is 0 Å². The average Bonchev–Trinajstić information content (AvgIpc) is 3.24. The second-order valence-corrected chi connectivity index (χ2v) is 7.90. The highest BCUT2D eigenvalue weighted by atomic mass is 16.2. The number of hydrogen-bond donors (Lipinski definition) is 4. The molecule has 4 aromatic rings. The molecule has 4 N–H and O–H groups in total. The molecule has 1 aromatic heterocycles. The van der Waals surface area contributed by atoms with E-state index >= 15 is 0 Å². The summed E-state index contributed by atoms with van der Waals surface area (Å²) in [5.74, 6) is -1.04. The molecule has 4 amide bonds. The maximum atomic E-state index is 13.2. The van der Waals surface area contributed by atoms with Crippen molar-refractivity contribution in [3.63, 3.8) is 0 Å². The summed E-state index contributed by atoms with van der Waals surface area (Å²) in [7, 11) is 0. The quantitative estimate of drug-likeness (QED) is 0.372. The molecule has 0 bridgehead atoms. The molecule has 0 aliphatic carbocycles. The number of aromatic amines is 2. The lowest BCUT2D eigenvalue weighted by atomic mass is 9.90. The van der Waals surface area contributed by atoms with Crippen molar-refractivity contribution in [1.29, 1.82) is 0 Å². The zero-order valence-electron chi connectivity index (χ0n) is 17.1. The molecule has 160 valence electrons. The van der Waals surface area contributed by atoms with Crippen LogP contribution in [0.4, 0.5) is 10.5 Å². The summed E-state index contributed by atoms with van der Waals surface area (Å²) in [6, 6.07) is 17.5. The number of anilines is 1. The van der Waals surface area contributed by atoms with Gasteiger partial charge in [-0.05, 0) is 47.5 Å². The highest BCUT2D eigenvalue weighted by Crippen LogP contribution is 2.31. The second kappa shape index (κ2) is 7.09. The van der Waals surface area contributed by atoms with Crippen LogP contribution in [-0.4, -0.2) is 39.3 Å². The SMILES string of the molecule is CC1(c2ccc3ccccc3c2)NC(=O)N(CC(=O)Nc2ccc3[nH]c(=O)[nH]c3c2)C1=O. The summed E-state index contributed by atoms with van der Waals surface area (Å²) in [4.78, 5) is 55.8. The fourth-order valence-corrected chi connectivity index (χ4v) is 3.99. The van der Waals surface area contributed by atoms with Crippen LogP contribution in [0.15, 0.2) is 65.5 Å². The van der Waals surface area contributed by atoms with Crippen molar-refractivity contribution >= 4 is 45.3 Å². The lowest BCUT2D eigenvalue weighted by molar-refractivity contribution is -0.133. The average molecular weight is 429 g/mol. The van der Waals surface area contributed by atoms with Crippen molar-refractivity contribution in [2.75, 3.05) is 11.9 Å². The largest absolute Gasteiger partial charge is 0.325 e. The van der Waals surface area contributed by atoms with Crippen molar-refractivity contribution in [2.24, 2.45) is 0 Å². The maximum Gasteiger partial charge on any atom is 0.325 e. The zero-order chi connectivity index (χ0) is 22.5. The van der Waals surface area contributed by atoms with E-state index in [9.17, 15) is 19.2 Å². The Morgan fingerprint density at radius 2 is 1.69 bits per heavy atom. The third-order valence-electron chi connectivity index (χ3n) is 5.70. The fraction of sp³-hybridized carbons (Fsp3) is 0.130. The van der Waals surface area contributed by atoms with E-state index in [1.807, 2.05) is 36.4 Å². The van der Waals surface area contributed by atoms with Gasteiger partial charge in [0.15, 0.2) is 0 Å². The Hall–Kier alpha value is -4.40. The smallest absolute Gasteiger partial charge is 0.324 e. The molecule has 1 aliphatic rings. The van der Waals surface area contributed by atoms with Crippen LogP contribution in [0.5, 0.6) is 0 Å². The molecule has 9 heteroatoms. The monoisotopic (exact) mass is 429 g/mol. The Kier molecular flexibility index (Phi) is 4.33. The van der Waals surface area contributed by atoms with Crippen LogP contribution in [0.2, 0.25) is 0 Å². The van der Waals surface area contributed by atoms with Crippen molar-refractivity contribution in [3.05, 3.63) is 76.7 Å². The molecule has 1 fully saturated rings. The second-order valence-electron chi connectivity index (χ2n) is 7.90. The van der Waals surface area contributed by atoms with E-state index in [2.05, 4.69) is 20.6 Å². The number of nitrogens with zero attached hydrogens (tertiary/aromatic N) is 1. The van der Waals surface area contributed by atoms with Crippen LogP contribution in [0.1, 0.15) is 12.5 Å². The van der Waals surface area contributed by atoms with Crippen molar-refractivity contribution in [1.82, 2.24) is 20.2 Å². The first-order valence-corrected chi connectivity index (χ1v) is 9.99. The lowest BCUT2D eigenvalue weighted by Gasteiger charge is -2.22. The van der Waals surface area contributed by atoms with E-state index in [1.54, 1.807) is 31.2 Å². The van der Waals surface area contributed by atoms with Gasteiger partial charge in [0.2, 0.25) is 5.91 Å². The van der Waals surface area contributed by atoms with Gasteiger partial charge in [-0.25, -0.2) is 9.59 Å². The number of nitrogens with one attached hydrogen (secondary N) is 4. The molecule has 5 rings (SSSR count). The molecular formula is C23H19N5O4. The molecular weight excluding hydrogens is 410 g/mol. The molecule has 0 saturated carbocycles. The number of urea groups is 1. The van der Waals surface area contributed by atoms with Gasteiger partial charge in [0.1, 0.15) is 12.1 Å². The number of benzene rings is 3. The Balaban J connectivity index is 1.35. The summed E-state index contributed by atoms with van der Waals surface area (Å²) < 4.78 is 0. The van der Waals surface area contributed by atoms with Crippen molar-refractivity contribution in [2.45, 2.75) is 12.5 Å². The normalized spacial score (nSPS) is 18.3. The third kappa shape index (κ3) is 3.20. The van der Waals surface area contributed by atoms with E-state index in [0.29, 0.717) is 22.3 Å². The molecule has 2 heterocycles. The molecule has 32 heavy (non-hydrogen) atoms.